The molecule has 0 aromatic heterocycles. The third-order valence-electron chi connectivity index (χ3n) is 4.70. The summed E-state index contributed by atoms with van der Waals surface area (Å²) in [5.41, 5.74) is 0.0373. The second-order valence-electron chi connectivity index (χ2n) is 6.88. The van der Waals surface area contributed by atoms with E-state index in [1.165, 1.54) is 32.1 Å². The Labute approximate surface area is 125 Å². The molecule has 0 spiro atoms. The van der Waals surface area contributed by atoms with Crippen LogP contribution < -0.4 is 0 Å². The van der Waals surface area contributed by atoms with Crippen LogP contribution in [0.15, 0.2) is 0 Å². The Bertz CT molecular complexity index is 268. The predicted molar refractivity (Wildman–Crippen MR) is 85.2 cm³/mol. The normalized spacial score (nSPS) is 30.9. The molecule has 1 heterocycles. The summed E-state index contributed by atoms with van der Waals surface area (Å²) in [6, 6.07) is 0. The molecule has 0 bridgehead atoms. The molecule has 0 aromatic carbocycles. The van der Waals surface area contributed by atoms with Crippen molar-refractivity contribution in [2.75, 3.05) is 6.61 Å². The topological polar surface area (TPSA) is 29.5 Å². The number of aliphatic hydroxyl groups is 1. The van der Waals surface area contributed by atoms with Crippen molar-refractivity contribution >= 4 is 8.41 Å². The summed E-state index contributed by atoms with van der Waals surface area (Å²) < 4.78 is 20.7. The Kier molecular flexibility index (Phi) is 7.70. The zero-order valence-electron chi connectivity index (χ0n) is 13.7. The highest BCUT2D eigenvalue weighted by Gasteiger charge is 2.50. The van der Waals surface area contributed by atoms with E-state index in [9.17, 15) is 4.11 Å². The van der Waals surface area contributed by atoms with Crippen LogP contribution in [0.25, 0.3) is 0 Å². The largest absolute Gasteiger partial charge is 0.396 e. The van der Waals surface area contributed by atoms with Gasteiger partial charge in [-0.3, -0.25) is 0 Å². The number of ether oxygens (including phenoxy) is 1. The molecule has 120 valence electrons. The fraction of sp³-hybridized carbons (Fsp3) is 1.00. The van der Waals surface area contributed by atoms with Crippen molar-refractivity contribution in [3.8, 4) is 0 Å². The molecule has 4 atom stereocenters. The number of hydrogen-bond donors (Lipinski definition) is 1. The molecular formula is C16H33FO2Si. The van der Waals surface area contributed by atoms with E-state index in [2.05, 4.69) is 13.8 Å². The van der Waals surface area contributed by atoms with Gasteiger partial charge in [0, 0.05) is 12.1 Å². The molecular weight excluding hydrogens is 271 g/mol. The third-order valence-corrected chi connectivity index (χ3v) is 7.18. The predicted octanol–water partition coefficient (Wildman–Crippen LogP) is 4.68. The van der Waals surface area contributed by atoms with Crippen LogP contribution in [0.3, 0.4) is 0 Å². The van der Waals surface area contributed by atoms with Crippen LogP contribution in [-0.4, -0.2) is 32.3 Å². The minimum atomic E-state index is -2.73. The minimum absolute atomic E-state index is 0.0373. The number of rotatable bonds is 9. The first-order valence-corrected chi connectivity index (χ1v) is 11.3. The quantitative estimate of drug-likeness (QED) is 0.381. The minimum Gasteiger partial charge on any atom is -0.396 e. The monoisotopic (exact) mass is 304 g/mol. The first-order chi connectivity index (χ1) is 9.41. The average Bonchev–Trinajstić information content (AvgIpc) is 2.66. The lowest BCUT2D eigenvalue weighted by Crippen LogP contribution is -2.36. The number of aliphatic hydroxyl groups excluding tert-OH is 1. The summed E-state index contributed by atoms with van der Waals surface area (Å²) in [6.45, 7) is 8.03. The zero-order valence-corrected chi connectivity index (χ0v) is 14.7. The number of hydrogen-bond acceptors (Lipinski definition) is 2. The summed E-state index contributed by atoms with van der Waals surface area (Å²) in [5.74, 6) is 0.296. The molecule has 1 aliphatic rings. The second-order valence-corrected chi connectivity index (χ2v) is 10.7. The highest BCUT2D eigenvalue weighted by molar-refractivity contribution is 6.72. The Morgan fingerprint density at radius 3 is 2.25 bits per heavy atom. The van der Waals surface area contributed by atoms with Gasteiger partial charge in [-0.25, -0.2) is 0 Å². The maximum Gasteiger partial charge on any atom is 0.246 e. The summed E-state index contributed by atoms with van der Waals surface area (Å²) in [4.78, 5) is 0. The number of halogens is 1. The lowest BCUT2D eigenvalue weighted by atomic mass is 9.95. The van der Waals surface area contributed by atoms with Gasteiger partial charge in [-0.15, -0.1) is 0 Å². The van der Waals surface area contributed by atoms with Gasteiger partial charge < -0.3 is 14.0 Å². The van der Waals surface area contributed by atoms with Crippen LogP contribution in [0.2, 0.25) is 18.6 Å². The molecule has 0 saturated carbocycles. The smallest absolute Gasteiger partial charge is 0.246 e. The van der Waals surface area contributed by atoms with E-state index in [0.29, 0.717) is 12.3 Å². The standard InChI is InChI=1S/C16H33FO2Si/c1-5-6-7-8-9-10-14-13(2)16(20(3,4)17)15(19-14)11-12-18/h13-16,18H,5-12H2,1-4H3/t13-,14+,15-,16+/m1/s1. The molecule has 1 rings (SSSR count). The molecule has 0 aromatic rings. The third kappa shape index (κ3) is 5.12. The highest BCUT2D eigenvalue weighted by Crippen LogP contribution is 2.46. The van der Waals surface area contributed by atoms with E-state index >= 15 is 0 Å². The fourth-order valence-electron chi connectivity index (χ4n) is 3.72. The maximum absolute atomic E-state index is 14.6. The fourth-order valence-corrected chi connectivity index (χ4v) is 6.32. The molecule has 0 unspecified atom stereocenters. The van der Waals surface area contributed by atoms with Gasteiger partial charge in [-0.05, 0) is 31.9 Å². The zero-order chi connectivity index (χ0) is 15.2. The molecule has 0 amide bonds. The van der Waals surface area contributed by atoms with Gasteiger partial charge in [0.1, 0.15) is 0 Å². The van der Waals surface area contributed by atoms with Crippen LogP contribution in [0, 0.1) is 5.92 Å². The van der Waals surface area contributed by atoms with Crippen molar-refractivity contribution in [3.63, 3.8) is 0 Å². The average molecular weight is 305 g/mol. The molecule has 20 heavy (non-hydrogen) atoms. The van der Waals surface area contributed by atoms with E-state index in [-0.39, 0.29) is 24.4 Å². The summed E-state index contributed by atoms with van der Waals surface area (Å²) >= 11 is 0. The number of unbranched alkanes of at least 4 members (excludes halogenated alkanes) is 4. The van der Waals surface area contributed by atoms with Crippen LogP contribution in [-0.2, 0) is 4.74 Å². The molecule has 4 heteroatoms. The van der Waals surface area contributed by atoms with Gasteiger partial charge in [-0.1, -0.05) is 46.0 Å². The molecule has 1 saturated heterocycles. The maximum atomic E-state index is 14.6. The molecule has 2 nitrogen and oxygen atoms in total. The Morgan fingerprint density at radius 2 is 1.70 bits per heavy atom. The highest BCUT2D eigenvalue weighted by atomic mass is 28.4. The van der Waals surface area contributed by atoms with Crippen molar-refractivity contribution in [2.24, 2.45) is 5.92 Å². The molecule has 1 aliphatic heterocycles. The van der Waals surface area contributed by atoms with Crippen LogP contribution in [0.5, 0.6) is 0 Å². The first-order valence-electron chi connectivity index (χ1n) is 8.37. The molecule has 0 aliphatic carbocycles. The van der Waals surface area contributed by atoms with Gasteiger partial charge in [-0.2, -0.15) is 0 Å². The van der Waals surface area contributed by atoms with Gasteiger partial charge in [0.05, 0.1) is 12.2 Å². The van der Waals surface area contributed by atoms with Crippen LogP contribution in [0.1, 0.15) is 58.8 Å². The molecule has 1 fully saturated rings. The summed E-state index contributed by atoms with van der Waals surface area (Å²) in [7, 11) is -2.73. The summed E-state index contributed by atoms with van der Waals surface area (Å²) in [5, 5.41) is 9.17. The second kappa shape index (κ2) is 8.50. The summed E-state index contributed by atoms with van der Waals surface area (Å²) in [6.07, 6.45) is 8.07. The van der Waals surface area contributed by atoms with E-state index in [1.54, 1.807) is 13.1 Å². The SMILES string of the molecule is CCCCCCC[C@@H]1O[C@H](CCO)[C@@H]([Si](C)(C)F)[C@@H]1C. The van der Waals surface area contributed by atoms with Crippen molar-refractivity contribution in [1.82, 2.24) is 0 Å². The Hall–Kier alpha value is 0.0669. The van der Waals surface area contributed by atoms with E-state index in [1.807, 2.05) is 0 Å². The van der Waals surface area contributed by atoms with Crippen molar-refractivity contribution < 1.29 is 14.0 Å². The van der Waals surface area contributed by atoms with Gasteiger partial charge >= 0.3 is 0 Å². The van der Waals surface area contributed by atoms with Crippen molar-refractivity contribution in [2.45, 2.75) is 89.6 Å². The Balaban J connectivity index is 2.49. The Morgan fingerprint density at radius 1 is 1.05 bits per heavy atom. The van der Waals surface area contributed by atoms with E-state index in [4.69, 9.17) is 9.84 Å². The van der Waals surface area contributed by atoms with Crippen LogP contribution >= 0.6 is 0 Å². The van der Waals surface area contributed by atoms with E-state index < -0.39 is 8.41 Å². The van der Waals surface area contributed by atoms with Crippen molar-refractivity contribution in [1.29, 1.82) is 0 Å². The lowest BCUT2D eigenvalue weighted by molar-refractivity contribution is 0.0179. The van der Waals surface area contributed by atoms with Crippen LogP contribution in [0.4, 0.5) is 4.11 Å². The molecule has 0 radical (unpaired) electrons. The van der Waals surface area contributed by atoms with E-state index in [0.717, 1.165) is 6.42 Å². The lowest BCUT2D eigenvalue weighted by Gasteiger charge is -2.28. The van der Waals surface area contributed by atoms with Gasteiger partial charge in [0.15, 0.2) is 0 Å². The van der Waals surface area contributed by atoms with Gasteiger partial charge in [0.25, 0.3) is 0 Å². The molecule has 1 N–H and O–H groups in total. The van der Waals surface area contributed by atoms with Gasteiger partial charge in [0.2, 0.25) is 8.41 Å². The van der Waals surface area contributed by atoms with Crippen molar-refractivity contribution in [3.05, 3.63) is 0 Å². The first kappa shape index (κ1) is 18.1.